The lowest BCUT2D eigenvalue weighted by molar-refractivity contribution is -0.00947. The third-order valence-electron chi connectivity index (χ3n) is 7.25. The van der Waals surface area contributed by atoms with Gasteiger partial charge >= 0.3 is 0 Å². The average molecular weight is 443 g/mol. The Hall–Kier alpha value is -3.31. The summed E-state index contributed by atoms with van der Waals surface area (Å²) in [4.78, 5) is 18.5. The fraction of sp³-hybridized carbons (Fsp3) is 0.286. The predicted molar refractivity (Wildman–Crippen MR) is 127 cm³/mol. The van der Waals surface area contributed by atoms with Gasteiger partial charge in [-0.1, -0.05) is 48.6 Å². The second-order valence-electron chi connectivity index (χ2n) is 9.34. The molecule has 168 valence electrons. The molecule has 1 unspecified atom stereocenters. The lowest BCUT2D eigenvalue weighted by atomic mass is 9.74. The standard InChI is InChI=1S/C28H27FN2O2/c1-18(2)22-5-3-4-6-23(22)19-7-8-20-16-28(26(32)24(20)15-19)11-13-31(14-12-28)27(33)25-10-9-21(29)17-30-25/h3-10,15,17,26,32H,1,11-14,16H2,2H3. The number of aliphatic hydroxyl groups is 1. The predicted octanol–water partition coefficient (Wildman–Crippen LogP) is 5.43. The van der Waals surface area contributed by atoms with Crippen molar-refractivity contribution in [3.05, 3.63) is 95.6 Å². The normalized spacial score (nSPS) is 18.9. The number of carbonyl (C=O) groups excluding carboxylic acids is 1. The molecule has 1 spiro atoms. The van der Waals surface area contributed by atoms with Crippen molar-refractivity contribution in [2.75, 3.05) is 13.1 Å². The van der Waals surface area contributed by atoms with Crippen LogP contribution in [0.4, 0.5) is 4.39 Å². The van der Waals surface area contributed by atoms with Crippen LogP contribution in [0.5, 0.6) is 0 Å². The molecular weight excluding hydrogens is 415 g/mol. The summed E-state index contributed by atoms with van der Waals surface area (Å²) in [5, 5.41) is 11.4. The van der Waals surface area contributed by atoms with Crippen molar-refractivity contribution in [1.82, 2.24) is 9.88 Å². The zero-order valence-electron chi connectivity index (χ0n) is 18.7. The zero-order chi connectivity index (χ0) is 23.2. The smallest absolute Gasteiger partial charge is 0.272 e. The number of hydrogen-bond acceptors (Lipinski definition) is 3. The molecule has 0 saturated carbocycles. The van der Waals surface area contributed by atoms with Gasteiger partial charge in [0.25, 0.3) is 5.91 Å². The molecule has 1 atom stereocenters. The molecule has 2 aliphatic rings. The number of pyridine rings is 1. The van der Waals surface area contributed by atoms with E-state index in [1.807, 2.05) is 19.1 Å². The van der Waals surface area contributed by atoms with Crippen LogP contribution in [-0.2, 0) is 6.42 Å². The summed E-state index contributed by atoms with van der Waals surface area (Å²) in [6.07, 6.45) is 2.74. The number of rotatable bonds is 3. The number of likely N-dealkylation sites (tertiary alicyclic amines) is 1. The number of aromatic nitrogens is 1. The Morgan fingerprint density at radius 3 is 2.61 bits per heavy atom. The highest BCUT2D eigenvalue weighted by Gasteiger charge is 2.47. The number of hydrogen-bond donors (Lipinski definition) is 1. The lowest BCUT2D eigenvalue weighted by Gasteiger charge is -2.41. The molecular formula is C28H27FN2O2. The van der Waals surface area contributed by atoms with E-state index in [1.165, 1.54) is 17.7 Å². The maximum Gasteiger partial charge on any atom is 0.272 e. The van der Waals surface area contributed by atoms with E-state index >= 15 is 0 Å². The number of carbonyl (C=O) groups is 1. The molecule has 5 rings (SSSR count). The summed E-state index contributed by atoms with van der Waals surface area (Å²) >= 11 is 0. The van der Waals surface area contributed by atoms with Crippen LogP contribution in [0.15, 0.2) is 67.4 Å². The van der Waals surface area contributed by atoms with Gasteiger partial charge in [-0.05, 0) is 72.2 Å². The first-order valence-corrected chi connectivity index (χ1v) is 11.3. The summed E-state index contributed by atoms with van der Waals surface area (Å²) < 4.78 is 13.1. The van der Waals surface area contributed by atoms with E-state index in [0.29, 0.717) is 25.9 Å². The zero-order valence-corrected chi connectivity index (χ0v) is 18.7. The van der Waals surface area contributed by atoms with E-state index in [2.05, 4.69) is 41.9 Å². The van der Waals surface area contributed by atoms with Crippen LogP contribution in [0, 0.1) is 11.2 Å². The van der Waals surface area contributed by atoms with Crippen molar-refractivity contribution in [2.45, 2.75) is 32.3 Å². The number of fused-ring (bicyclic) bond motifs is 1. The molecule has 1 aliphatic heterocycles. The summed E-state index contributed by atoms with van der Waals surface area (Å²) in [5.41, 5.74) is 6.48. The maximum atomic E-state index is 13.1. The molecule has 4 nitrogen and oxygen atoms in total. The van der Waals surface area contributed by atoms with E-state index in [9.17, 15) is 14.3 Å². The van der Waals surface area contributed by atoms with Crippen molar-refractivity contribution < 1.29 is 14.3 Å². The molecule has 0 radical (unpaired) electrons. The topological polar surface area (TPSA) is 53.4 Å². The number of allylic oxidation sites excluding steroid dienone is 1. The van der Waals surface area contributed by atoms with Gasteiger partial charge in [-0.2, -0.15) is 0 Å². The Morgan fingerprint density at radius 2 is 1.91 bits per heavy atom. The third kappa shape index (κ3) is 3.76. The Labute approximate surface area is 193 Å². The van der Waals surface area contributed by atoms with Crippen LogP contribution in [0.1, 0.15) is 53.0 Å². The van der Waals surface area contributed by atoms with Crippen LogP contribution in [0.3, 0.4) is 0 Å². The van der Waals surface area contributed by atoms with Crippen molar-refractivity contribution in [3.8, 4) is 11.1 Å². The fourth-order valence-electron chi connectivity index (χ4n) is 5.36. The number of amides is 1. The van der Waals surface area contributed by atoms with E-state index in [1.54, 1.807) is 4.90 Å². The number of piperidine rings is 1. The maximum absolute atomic E-state index is 13.1. The van der Waals surface area contributed by atoms with Crippen molar-refractivity contribution in [1.29, 1.82) is 0 Å². The fourth-order valence-corrected chi connectivity index (χ4v) is 5.36. The van der Waals surface area contributed by atoms with Gasteiger partial charge in [0.15, 0.2) is 0 Å². The SMILES string of the molecule is C=C(C)c1ccccc1-c1ccc2c(c1)C(O)C1(CCN(C(=O)c3ccc(F)cn3)CC1)C2. The molecule has 5 heteroatoms. The Bertz CT molecular complexity index is 1230. The number of aliphatic hydroxyl groups excluding tert-OH is 1. The van der Waals surface area contributed by atoms with Crippen LogP contribution in [0.25, 0.3) is 16.7 Å². The van der Waals surface area contributed by atoms with Crippen molar-refractivity contribution in [2.24, 2.45) is 5.41 Å². The largest absolute Gasteiger partial charge is 0.388 e. The average Bonchev–Trinajstić information content (AvgIpc) is 3.10. The molecule has 2 aromatic carbocycles. The van der Waals surface area contributed by atoms with E-state index in [0.717, 1.165) is 40.4 Å². The monoisotopic (exact) mass is 442 g/mol. The first-order chi connectivity index (χ1) is 15.9. The Balaban J connectivity index is 1.36. The summed E-state index contributed by atoms with van der Waals surface area (Å²) in [6, 6.07) is 17.3. The first kappa shape index (κ1) is 21.5. The van der Waals surface area contributed by atoms with Gasteiger partial charge in [0.1, 0.15) is 11.5 Å². The summed E-state index contributed by atoms with van der Waals surface area (Å²) in [5.74, 6) is -0.644. The van der Waals surface area contributed by atoms with Crippen molar-refractivity contribution in [3.63, 3.8) is 0 Å². The lowest BCUT2D eigenvalue weighted by Crippen LogP contribution is -2.45. The Kier molecular flexibility index (Phi) is 5.37. The Morgan fingerprint density at radius 1 is 1.15 bits per heavy atom. The minimum absolute atomic E-state index is 0.187. The first-order valence-electron chi connectivity index (χ1n) is 11.3. The summed E-state index contributed by atoms with van der Waals surface area (Å²) in [7, 11) is 0. The highest BCUT2D eigenvalue weighted by atomic mass is 19.1. The van der Waals surface area contributed by atoms with Gasteiger partial charge in [0.05, 0.1) is 12.3 Å². The second kappa shape index (κ2) is 8.23. The minimum atomic E-state index is -0.564. The van der Waals surface area contributed by atoms with Gasteiger partial charge in [0, 0.05) is 18.5 Å². The molecule has 1 fully saturated rings. The highest BCUT2D eigenvalue weighted by Crippen LogP contribution is 2.52. The number of benzene rings is 2. The van der Waals surface area contributed by atoms with E-state index < -0.39 is 11.9 Å². The number of halogens is 1. The summed E-state index contributed by atoms with van der Waals surface area (Å²) in [6.45, 7) is 7.22. The molecule has 1 aliphatic carbocycles. The second-order valence-corrected chi connectivity index (χ2v) is 9.34. The minimum Gasteiger partial charge on any atom is -0.388 e. The highest BCUT2D eigenvalue weighted by molar-refractivity contribution is 5.92. The van der Waals surface area contributed by atoms with Crippen LogP contribution < -0.4 is 0 Å². The van der Waals surface area contributed by atoms with E-state index in [4.69, 9.17) is 0 Å². The quantitative estimate of drug-likeness (QED) is 0.588. The van der Waals surface area contributed by atoms with Crippen LogP contribution in [-0.4, -0.2) is 34.0 Å². The molecule has 1 amide bonds. The molecule has 1 N–H and O–H groups in total. The van der Waals surface area contributed by atoms with Crippen molar-refractivity contribution >= 4 is 11.5 Å². The van der Waals surface area contributed by atoms with Gasteiger partial charge in [-0.3, -0.25) is 4.79 Å². The van der Waals surface area contributed by atoms with Gasteiger partial charge < -0.3 is 10.0 Å². The molecule has 1 aromatic heterocycles. The molecule has 2 heterocycles. The van der Waals surface area contributed by atoms with Gasteiger partial charge in [0.2, 0.25) is 0 Å². The van der Waals surface area contributed by atoms with Gasteiger partial charge in [-0.15, -0.1) is 0 Å². The van der Waals surface area contributed by atoms with Crippen LogP contribution in [0.2, 0.25) is 0 Å². The third-order valence-corrected chi connectivity index (χ3v) is 7.25. The van der Waals surface area contributed by atoms with E-state index in [-0.39, 0.29) is 17.0 Å². The molecule has 1 saturated heterocycles. The van der Waals surface area contributed by atoms with Crippen LogP contribution >= 0.6 is 0 Å². The van der Waals surface area contributed by atoms with Gasteiger partial charge in [-0.25, -0.2) is 9.37 Å². The molecule has 0 bridgehead atoms. The molecule has 3 aromatic rings. The molecule has 33 heavy (non-hydrogen) atoms. The number of nitrogens with zero attached hydrogens (tertiary/aromatic N) is 2.